The maximum atomic E-state index is 12.4. The number of carbonyl (C=O) groups excluding carboxylic acids is 1. The lowest BCUT2D eigenvalue weighted by molar-refractivity contribution is -0.0407. The topological polar surface area (TPSA) is 70.2 Å². The summed E-state index contributed by atoms with van der Waals surface area (Å²) in [6.07, 6.45) is 2.98. The van der Waals surface area contributed by atoms with Gasteiger partial charge in [0.2, 0.25) is 0 Å². The van der Waals surface area contributed by atoms with Gasteiger partial charge in [0.05, 0.1) is 31.1 Å². The zero-order valence-corrected chi connectivity index (χ0v) is 12.9. The number of rotatable bonds is 2. The Balaban J connectivity index is 1.73. The molecule has 1 aromatic heterocycles. The van der Waals surface area contributed by atoms with Crippen LogP contribution in [-0.4, -0.2) is 40.3 Å². The molecule has 116 valence electrons. The third-order valence-electron chi connectivity index (χ3n) is 3.70. The van der Waals surface area contributed by atoms with Gasteiger partial charge in [0.1, 0.15) is 6.10 Å². The van der Waals surface area contributed by atoms with E-state index in [9.17, 15) is 4.79 Å². The molecule has 2 amide bonds. The molecule has 22 heavy (non-hydrogen) atoms. The molecule has 2 aromatic rings. The number of hydrogen-bond acceptors (Lipinski definition) is 3. The highest BCUT2D eigenvalue weighted by molar-refractivity contribution is 6.31. The van der Waals surface area contributed by atoms with Crippen molar-refractivity contribution >= 4 is 23.3 Å². The standard InChI is InChI=1S/C15H17ClN4O2/c1-10-9-22-14(12-4-2-3-5-13(12)16)8-20(10)15(21)19-11-6-17-18-7-11/h2-7,10,14H,8-9H2,1H3,(H,17,18)(H,19,21)/t10-,14-/m0/s1. The number of nitrogens with one attached hydrogen (secondary N) is 2. The van der Waals surface area contributed by atoms with Gasteiger partial charge in [-0.2, -0.15) is 5.10 Å². The van der Waals surface area contributed by atoms with Crippen molar-refractivity contribution in [2.75, 3.05) is 18.5 Å². The number of nitrogens with zero attached hydrogens (tertiary/aromatic N) is 2. The molecule has 1 saturated heterocycles. The SMILES string of the molecule is C[C@H]1CO[C@H](c2ccccc2Cl)CN1C(=O)Nc1cn[nH]c1. The molecule has 0 aliphatic carbocycles. The zero-order valence-electron chi connectivity index (χ0n) is 12.1. The van der Waals surface area contributed by atoms with E-state index in [0.717, 1.165) is 5.56 Å². The number of H-pyrrole nitrogens is 1. The summed E-state index contributed by atoms with van der Waals surface area (Å²) in [7, 11) is 0. The van der Waals surface area contributed by atoms with Crippen molar-refractivity contribution in [2.24, 2.45) is 0 Å². The van der Waals surface area contributed by atoms with Crippen LogP contribution in [0.15, 0.2) is 36.7 Å². The number of morpholine rings is 1. The highest BCUT2D eigenvalue weighted by atomic mass is 35.5. The second-order valence-electron chi connectivity index (χ2n) is 5.26. The minimum Gasteiger partial charge on any atom is -0.369 e. The Morgan fingerprint density at radius 3 is 3.05 bits per heavy atom. The van der Waals surface area contributed by atoms with Crippen LogP contribution in [0.3, 0.4) is 0 Å². The number of aromatic nitrogens is 2. The second-order valence-corrected chi connectivity index (χ2v) is 5.67. The lowest BCUT2D eigenvalue weighted by atomic mass is 10.1. The fourth-order valence-corrected chi connectivity index (χ4v) is 2.74. The van der Waals surface area contributed by atoms with E-state index in [1.807, 2.05) is 31.2 Å². The summed E-state index contributed by atoms with van der Waals surface area (Å²) in [6, 6.07) is 7.36. The number of aromatic amines is 1. The third-order valence-corrected chi connectivity index (χ3v) is 4.04. The van der Waals surface area contributed by atoms with E-state index in [2.05, 4.69) is 15.5 Å². The van der Waals surface area contributed by atoms with Crippen molar-refractivity contribution < 1.29 is 9.53 Å². The highest BCUT2D eigenvalue weighted by Gasteiger charge is 2.31. The van der Waals surface area contributed by atoms with Gasteiger partial charge in [0.25, 0.3) is 0 Å². The number of amides is 2. The van der Waals surface area contributed by atoms with E-state index in [-0.39, 0.29) is 18.2 Å². The average Bonchev–Trinajstić information content (AvgIpc) is 3.01. The number of ether oxygens (including phenoxy) is 1. The first-order valence-corrected chi connectivity index (χ1v) is 7.45. The van der Waals surface area contributed by atoms with Gasteiger partial charge in [-0.1, -0.05) is 29.8 Å². The lowest BCUT2D eigenvalue weighted by Gasteiger charge is -2.38. The summed E-state index contributed by atoms with van der Waals surface area (Å²) in [6.45, 7) is 2.88. The fourth-order valence-electron chi connectivity index (χ4n) is 2.48. The third kappa shape index (κ3) is 3.08. The molecule has 3 rings (SSSR count). The van der Waals surface area contributed by atoms with Crippen molar-refractivity contribution in [2.45, 2.75) is 19.1 Å². The van der Waals surface area contributed by atoms with E-state index in [1.54, 1.807) is 17.3 Å². The minimum absolute atomic E-state index is 0.00867. The maximum absolute atomic E-state index is 12.4. The van der Waals surface area contributed by atoms with Crippen molar-refractivity contribution in [3.63, 3.8) is 0 Å². The maximum Gasteiger partial charge on any atom is 0.322 e. The Kier molecular flexibility index (Phi) is 4.31. The summed E-state index contributed by atoms with van der Waals surface area (Å²) in [5.41, 5.74) is 1.54. The number of hydrogen-bond donors (Lipinski definition) is 2. The summed E-state index contributed by atoms with van der Waals surface area (Å²) < 4.78 is 5.85. The average molecular weight is 321 g/mol. The molecule has 6 nitrogen and oxygen atoms in total. The first kappa shape index (κ1) is 14.9. The van der Waals surface area contributed by atoms with Crippen LogP contribution in [0.25, 0.3) is 0 Å². The quantitative estimate of drug-likeness (QED) is 0.893. The molecule has 2 atom stereocenters. The number of carbonyl (C=O) groups is 1. The monoisotopic (exact) mass is 320 g/mol. The van der Waals surface area contributed by atoms with E-state index >= 15 is 0 Å². The van der Waals surface area contributed by atoms with Gasteiger partial charge >= 0.3 is 6.03 Å². The molecular weight excluding hydrogens is 304 g/mol. The smallest absolute Gasteiger partial charge is 0.322 e. The summed E-state index contributed by atoms with van der Waals surface area (Å²) in [4.78, 5) is 14.2. The van der Waals surface area contributed by atoms with E-state index < -0.39 is 0 Å². The van der Waals surface area contributed by atoms with Gasteiger partial charge in [-0.3, -0.25) is 5.10 Å². The van der Waals surface area contributed by atoms with E-state index in [1.165, 1.54) is 0 Å². The molecule has 2 N–H and O–H groups in total. The van der Waals surface area contributed by atoms with Crippen LogP contribution in [0.1, 0.15) is 18.6 Å². The van der Waals surface area contributed by atoms with Crippen LogP contribution < -0.4 is 5.32 Å². The second kappa shape index (κ2) is 6.37. The highest BCUT2D eigenvalue weighted by Crippen LogP contribution is 2.30. The van der Waals surface area contributed by atoms with Crippen molar-refractivity contribution in [3.05, 3.63) is 47.2 Å². The van der Waals surface area contributed by atoms with Crippen molar-refractivity contribution in [1.82, 2.24) is 15.1 Å². The molecule has 1 aromatic carbocycles. The van der Waals surface area contributed by atoms with Gasteiger partial charge in [0.15, 0.2) is 0 Å². The number of benzene rings is 1. The molecule has 7 heteroatoms. The molecule has 1 aliphatic heterocycles. The Morgan fingerprint density at radius 1 is 1.50 bits per heavy atom. The number of anilines is 1. The first-order valence-electron chi connectivity index (χ1n) is 7.07. The summed E-state index contributed by atoms with van der Waals surface area (Å²) in [5, 5.41) is 9.94. The zero-order chi connectivity index (χ0) is 15.5. The van der Waals surface area contributed by atoms with Crippen molar-refractivity contribution in [1.29, 1.82) is 0 Å². The summed E-state index contributed by atoms with van der Waals surface area (Å²) >= 11 is 6.22. The molecule has 2 heterocycles. The van der Waals surface area contributed by atoms with E-state index in [0.29, 0.717) is 23.9 Å². The predicted molar refractivity (Wildman–Crippen MR) is 83.9 cm³/mol. The molecule has 1 fully saturated rings. The summed E-state index contributed by atoms with van der Waals surface area (Å²) in [5.74, 6) is 0. The van der Waals surface area contributed by atoms with Crippen LogP contribution in [0.2, 0.25) is 5.02 Å². The van der Waals surface area contributed by atoms with Gasteiger partial charge < -0.3 is 15.0 Å². The van der Waals surface area contributed by atoms with Crippen molar-refractivity contribution in [3.8, 4) is 0 Å². The Labute approximate surface area is 133 Å². The van der Waals surface area contributed by atoms with Crippen LogP contribution >= 0.6 is 11.6 Å². The van der Waals surface area contributed by atoms with Crippen LogP contribution in [0, 0.1) is 0 Å². The number of halogens is 1. The normalized spacial score (nSPS) is 21.6. The van der Waals surface area contributed by atoms with Crippen LogP contribution in [0.4, 0.5) is 10.5 Å². The molecule has 0 saturated carbocycles. The Bertz CT molecular complexity index is 647. The molecular formula is C15H17ClN4O2. The Morgan fingerprint density at radius 2 is 2.32 bits per heavy atom. The van der Waals surface area contributed by atoms with E-state index in [4.69, 9.17) is 16.3 Å². The number of urea groups is 1. The molecule has 0 radical (unpaired) electrons. The van der Waals surface area contributed by atoms with Gasteiger partial charge in [-0.15, -0.1) is 0 Å². The van der Waals surface area contributed by atoms with Gasteiger partial charge in [-0.05, 0) is 13.0 Å². The van der Waals surface area contributed by atoms with Crippen LogP contribution in [0.5, 0.6) is 0 Å². The van der Waals surface area contributed by atoms with Gasteiger partial charge in [0, 0.05) is 16.8 Å². The first-order chi connectivity index (χ1) is 10.6. The molecule has 1 aliphatic rings. The fraction of sp³-hybridized carbons (Fsp3) is 0.333. The minimum atomic E-state index is -0.222. The largest absolute Gasteiger partial charge is 0.369 e. The van der Waals surface area contributed by atoms with Gasteiger partial charge in [-0.25, -0.2) is 4.79 Å². The predicted octanol–water partition coefficient (Wildman–Crippen LogP) is 3.06. The van der Waals surface area contributed by atoms with Crippen LogP contribution in [-0.2, 0) is 4.74 Å². The molecule has 0 spiro atoms. The Hall–Kier alpha value is -2.05. The lowest BCUT2D eigenvalue weighted by Crippen LogP contribution is -2.49. The molecule has 0 unspecified atom stereocenters. The molecule has 0 bridgehead atoms.